The van der Waals surface area contributed by atoms with Crippen molar-refractivity contribution in [2.24, 2.45) is 5.73 Å². The molecule has 0 unspecified atom stereocenters. The first kappa shape index (κ1) is 12.9. The second-order valence-corrected chi connectivity index (χ2v) is 3.49. The molecular formula is C8H9BrINO2. The monoisotopic (exact) mass is 357 g/mol. The molecule has 0 amide bonds. The van der Waals surface area contributed by atoms with Crippen LogP contribution in [0.25, 0.3) is 0 Å². The summed E-state index contributed by atoms with van der Waals surface area (Å²) in [5.41, 5.74) is 6.53. The van der Waals surface area contributed by atoms with E-state index in [1.807, 2.05) is 28.7 Å². The Labute approximate surface area is 100 Å². The van der Waals surface area contributed by atoms with E-state index in [9.17, 15) is 4.79 Å². The summed E-state index contributed by atoms with van der Waals surface area (Å²) in [6, 6.07) is 5.19. The first-order valence-electron chi connectivity index (χ1n) is 3.37. The zero-order valence-electron chi connectivity index (χ0n) is 6.66. The third kappa shape index (κ3) is 3.24. The van der Waals surface area contributed by atoms with Crippen molar-refractivity contribution in [2.45, 2.75) is 6.54 Å². The minimum atomic E-state index is -0.908. The van der Waals surface area contributed by atoms with Crippen LogP contribution in [0.15, 0.2) is 18.2 Å². The molecule has 5 heteroatoms. The smallest absolute Gasteiger partial charge is 0.336 e. The summed E-state index contributed by atoms with van der Waals surface area (Å²) in [5, 5.41) is 8.74. The van der Waals surface area contributed by atoms with Crippen molar-refractivity contribution in [2.75, 3.05) is 0 Å². The molecule has 0 aliphatic carbocycles. The summed E-state index contributed by atoms with van der Waals surface area (Å²) in [4.78, 5) is 10.6. The third-order valence-electron chi connectivity index (χ3n) is 1.50. The predicted molar refractivity (Wildman–Crippen MR) is 64.3 cm³/mol. The van der Waals surface area contributed by atoms with Gasteiger partial charge in [0.25, 0.3) is 0 Å². The maximum Gasteiger partial charge on any atom is 0.336 e. The average molecular weight is 358 g/mol. The minimum Gasteiger partial charge on any atom is -0.478 e. The van der Waals surface area contributed by atoms with E-state index in [0.717, 1.165) is 9.13 Å². The van der Waals surface area contributed by atoms with Crippen molar-refractivity contribution >= 4 is 45.5 Å². The molecule has 0 aromatic heterocycles. The van der Waals surface area contributed by atoms with Gasteiger partial charge in [-0.25, -0.2) is 4.79 Å². The summed E-state index contributed by atoms with van der Waals surface area (Å²) in [7, 11) is 0. The minimum absolute atomic E-state index is 0. The normalized spacial score (nSPS) is 9.08. The van der Waals surface area contributed by atoms with Gasteiger partial charge in [0.2, 0.25) is 0 Å². The molecule has 1 aromatic rings. The van der Waals surface area contributed by atoms with Gasteiger partial charge in [-0.3, -0.25) is 0 Å². The molecule has 3 nitrogen and oxygen atoms in total. The Kier molecular flexibility index (Phi) is 5.50. The molecule has 1 rings (SSSR count). The summed E-state index contributed by atoms with van der Waals surface area (Å²) in [6.07, 6.45) is 0. The van der Waals surface area contributed by atoms with Gasteiger partial charge in [-0.15, -0.1) is 17.0 Å². The van der Waals surface area contributed by atoms with E-state index in [1.54, 1.807) is 12.1 Å². The average Bonchev–Trinajstić information content (AvgIpc) is 2.05. The molecule has 0 atom stereocenters. The van der Waals surface area contributed by atoms with Crippen LogP contribution in [-0.4, -0.2) is 11.1 Å². The van der Waals surface area contributed by atoms with Crippen LogP contribution in [0.2, 0.25) is 0 Å². The lowest BCUT2D eigenvalue weighted by Gasteiger charge is -2.01. The number of hydrogen-bond acceptors (Lipinski definition) is 2. The van der Waals surface area contributed by atoms with Gasteiger partial charge in [-0.05, 0) is 40.3 Å². The van der Waals surface area contributed by atoms with Crippen molar-refractivity contribution in [3.8, 4) is 0 Å². The van der Waals surface area contributed by atoms with Gasteiger partial charge in [0, 0.05) is 10.1 Å². The highest BCUT2D eigenvalue weighted by Crippen LogP contribution is 2.14. The van der Waals surface area contributed by atoms with Gasteiger partial charge in [-0.2, -0.15) is 0 Å². The van der Waals surface area contributed by atoms with Crippen LogP contribution in [0.4, 0.5) is 0 Å². The number of carboxylic acid groups (broad SMARTS) is 1. The molecule has 0 saturated heterocycles. The first-order chi connectivity index (χ1) is 5.65. The van der Waals surface area contributed by atoms with Crippen LogP contribution in [0.5, 0.6) is 0 Å². The van der Waals surface area contributed by atoms with E-state index in [2.05, 4.69) is 0 Å². The highest BCUT2D eigenvalue weighted by atomic mass is 127. The SMILES string of the molecule is Br.NCc1ccc(I)c(C(=O)O)c1. The Hall–Kier alpha value is -0.140. The Bertz CT molecular complexity index is 317. The predicted octanol–water partition coefficient (Wildman–Crippen LogP) is 2.03. The van der Waals surface area contributed by atoms with E-state index >= 15 is 0 Å². The molecule has 0 aliphatic heterocycles. The van der Waals surface area contributed by atoms with Gasteiger partial charge < -0.3 is 10.8 Å². The molecule has 0 saturated carbocycles. The number of rotatable bonds is 2. The molecule has 0 heterocycles. The van der Waals surface area contributed by atoms with Crippen molar-refractivity contribution in [3.05, 3.63) is 32.9 Å². The van der Waals surface area contributed by atoms with Gasteiger partial charge >= 0.3 is 5.97 Å². The van der Waals surface area contributed by atoms with Gasteiger partial charge in [-0.1, -0.05) is 6.07 Å². The largest absolute Gasteiger partial charge is 0.478 e. The Morgan fingerprint density at radius 1 is 1.54 bits per heavy atom. The van der Waals surface area contributed by atoms with Gasteiger partial charge in [0.15, 0.2) is 0 Å². The lowest BCUT2D eigenvalue weighted by Crippen LogP contribution is -2.03. The van der Waals surface area contributed by atoms with E-state index in [0.29, 0.717) is 12.1 Å². The number of hydrogen-bond donors (Lipinski definition) is 2. The summed E-state index contributed by atoms with van der Waals surface area (Å²) >= 11 is 1.99. The van der Waals surface area contributed by atoms with E-state index in [1.165, 1.54) is 0 Å². The van der Waals surface area contributed by atoms with E-state index < -0.39 is 5.97 Å². The van der Waals surface area contributed by atoms with E-state index in [-0.39, 0.29) is 17.0 Å². The van der Waals surface area contributed by atoms with Crippen molar-refractivity contribution < 1.29 is 9.90 Å². The fourth-order valence-corrected chi connectivity index (χ4v) is 1.43. The standard InChI is InChI=1S/C8H8INO2.BrH/c9-7-2-1-5(4-10)3-6(7)8(11)12;/h1-3H,4,10H2,(H,11,12);1H. The lowest BCUT2D eigenvalue weighted by molar-refractivity contribution is 0.0695. The fourth-order valence-electron chi connectivity index (χ4n) is 0.863. The number of benzene rings is 1. The van der Waals surface area contributed by atoms with Crippen molar-refractivity contribution in [1.29, 1.82) is 0 Å². The maximum atomic E-state index is 10.6. The Morgan fingerprint density at radius 3 is 2.62 bits per heavy atom. The second kappa shape index (κ2) is 5.56. The topological polar surface area (TPSA) is 63.3 Å². The van der Waals surface area contributed by atoms with Crippen molar-refractivity contribution in [3.63, 3.8) is 0 Å². The summed E-state index contributed by atoms with van der Waals surface area (Å²) < 4.78 is 0.734. The molecule has 0 aliphatic rings. The number of aromatic carboxylic acids is 1. The molecule has 3 N–H and O–H groups in total. The van der Waals surface area contributed by atoms with Gasteiger partial charge in [0.05, 0.1) is 5.56 Å². The molecule has 0 radical (unpaired) electrons. The Morgan fingerprint density at radius 2 is 2.15 bits per heavy atom. The van der Waals surface area contributed by atoms with Crippen LogP contribution in [-0.2, 0) is 6.54 Å². The number of carboxylic acids is 1. The lowest BCUT2D eigenvalue weighted by atomic mass is 10.1. The highest BCUT2D eigenvalue weighted by molar-refractivity contribution is 14.1. The molecule has 0 bridgehead atoms. The number of nitrogens with two attached hydrogens (primary N) is 1. The molecule has 1 aromatic carbocycles. The Balaban J connectivity index is 0.00000144. The number of halogens is 2. The first-order valence-corrected chi connectivity index (χ1v) is 4.45. The van der Waals surface area contributed by atoms with Gasteiger partial charge in [0.1, 0.15) is 0 Å². The molecule has 0 fully saturated rings. The van der Waals surface area contributed by atoms with Crippen molar-refractivity contribution in [1.82, 2.24) is 0 Å². The highest BCUT2D eigenvalue weighted by Gasteiger charge is 2.07. The van der Waals surface area contributed by atoms with Crippen LogP contribution >= 0.6 is 39.6 Å². The van der Waals surface area contributed by atoms with Crippen LogP contribution in [0.3, 0.4) is 0 Å². The molecule has 72 valence electrons. The zero-order valence-corrected chi connectivity index (χ0v) is 10.5. The van der Waals surface area contributed by atoms with Crippen LogP contribution in [0, 0.1) is 3.57 Å². The zero-order chi connectivity index (χ0) is 9.14. The summed E-state index contributed by atoms with van der Waals surface area (Å²) in [5.74, 6) is -0.908. The van der Waals surface area contributed by atoms with E-state index in [4.69, 9.17) is 10.8 Å². The third-order valence-corrected chi connectivity index (χ3v) is 2.44. The molecule has 0 spiro atoms. The van der Waals surface area contributed by atoms with Crippen LogP contribution < -0.4 is 5.73 Å². The molecular weight excluding hydrogens is 349 g/mol. The second-order valence-electron chi connectivity index (χ2n) is 2.32. The van der Waals surface area contributed by atoms with Crippen LogP contribution in [0.1, 0.15) is 15.9 Å². The fraction of sp³-hybridized carbons (Fsp3) is 0.125. The summed E-state index contributed by atoms with van der Waals surface area (Å²) in [6.45, 7) is 0.372. The number of carbonyl (C=O) groups is 1. The maximum absolute atomic E-state index is 10.6. The quantitative estimate of drug-likeness (QED) is 0.796. The molecule has 13 heavy (non-hydrogen) atoms.